The lowest BCUT2D eigenvalue weighted by Crippen LogP contribution is -2.08. The zero-order chi connectivity index (χ0) is 18.4. The molecule has 0 atom stereocenters. The fourth-order valence-electron chi connectivity index (χ4n) is 1.81. The topological polar surface area (TPSA) is 99.9 Å². The van der Waals surface area contributed by atoms with E-state index in [0.717, 1.165) is 6.07 Å². The Bertz CT molecular complexity index is 795. The molecule has 0 aliphatic heterocycles. The molecule has 0 saturated heterocycles. The van der Waals surface area contributed by atoms with E-state index < -0.39 is 17.7 Å². The summed E-state index contributed by atoms with van der Waals surface area (Å²) in [6, 6.07) is 8.67. The first-order chi connectivity index (χ1) is 11.9. The zero-order valence-electron chi connectivity index (χ0n) is 13.7. The number of nitrogen functional groups attached to an aromatic ring is 1. The fourth-order valence-corrected chi connectivity index (χ4v) is 1.81. The number of halogens is 1. The van der Waals surface area contributed by atoms with E-state index in [9.17, 15) is 14.0 Å². The molecule has 0 fully saturated rings. The highest BCUT2D eigenvalue weighted by Crippen LogP contribution is 2.36. The van der Waals surface area contributed by atoms with Crippen molar-refractivity contribution in [2.45, 2.75) is 20.3 Å². The van der Waals surface area contributed by atoms with Crippen LogP contribution in [0, 0.1) is 5.82 Å². The van der Waals surface area contributed by atoms with Gasteiger partial charge in [0.2, 0.25) is 11.7 Å². The maximum absolute atomic E-state index is 13.8. The summed E-state index contributed by atoms with van der Waals surface area (Å²) < 4.78 is 19.4. The maximum atomic E-state index is 13.8. The molecule has 0 unspecified atom stereocenters. The summed E-state index contributed by atoms with van der Waals surface area (Å²) in [7, 11) is 0. The molecule has 0 aliphatic carbocycles. The predicted molar refractivity (Wildman–Crippen MR) is 88.6 cm³/mol. The van der Waals surface area contributed by atoms with Gasteiger partial charge in [0.05, 0.1) is 11.4 Å². The van der Waals surface area contributed by atoms with Gasteiger partial charge in [-0.05, 0) is 12.1 Å². The lowest BCUT2D eigenvalue weighted by atomic mass is 10.2. The quantitative estimate of drug-likeness (QED) is 0.471. The van der Waals surface area contributed by atoms with Crippen molar-refractivity contribution in [3.8, 4) is 17.2 Å². The van der Waals surface area contributed by atoms with E-state index in [-0.39, 0.29) is 35.0 Å². The normalized spacial score (nSPS) is 10.0. The molecule has 0 aromatic heterocycles. The molecule has 2 rings (SSSR count). The number of nitrogens with two attached hydrogens (primary N) is 1. The van der Waals surface area contributed by atoms with E-state index in [1.165, 1.54) is 19.1 Å². The van der Waals surface area contributed by atoms with Gasteiger partial charge in [-0.1, -0.05) is 19.1 Å². The molecule has 0 aliphatic rings. The molecule has 1 amide bonds. The van der Waals surface area contributed by atoms with Gasteiger partial charge in [0.25, 0.3) is 0 Å². The Morgan fingerprint density at radius 2 is 1.84 bits per heavy atom. The Hall–Kier alpha value is -3.29. The number of benzene rings is 2. The molecular formula is C17H17FN2O5. The van der Waals surface area contributed by atoms with E-state index in [1.807, 2.05) is 0 Å². The number of rotatable bonds is 6. The van der Waals surface area contributed by atoms with Crippen molar-refractivity contribution < 1.29 is 28.5 Å². The lowest BCUT2D eigenvalue weighted by Gasteiger charge is -2.14. The number of ether oxygens (including phenoxy) is 1. The highest BCUT2D eigenvalue weighted by molar-refractivity contribution is 5.89. The zero-order valence-corrected chi connectivity index (χ0v) is 13.7. The van der Waals surface area contributed by atoms with Crippen molar-refractivity contribution in [3.05, 3.63) is 42.2 Å². The Morgan fingerprint density at radius 3 is 2.48 bits per heavy atom. The van der Waals surface area contributed by atoms with Crippen LogP contribution < -0.4 is 20.7 Å². The van der Waals surface area contributed by atoms with Gasteiger partial charge >= 0.3 is 5.97 Å². The molecule has 7 nitrogen and oxygen atoms in total. The van der Waals surface area contributed by atoms with E-state index >= 15 is 0 Å². The van der Waals surface area contributed by atoms with Gasteiger partial charge in [-0.2, -0.15) is 0 Å². The molecule has 0 heterocycles. The van der Waals surface area contributed by atoms with Crippen molar-refractivity contribution in [2.24, 2.45) is 0 Å². The van der Waals surface area contributed by atoms with Crippen LogP contribution in [0.1, 0.15) is 20.3 Å². The molecule has 2 aromatic rings. The minimum absolute atomic E-state index is 0.0203. The monoisotopic (exact) mass is 348 g/mol. The second-order valence-corrected chi connectivity index (χ2v) is 4.99. The molecule has 0 bridgehead atoms. The SMILES string of the molecule is CCC(=O)OOc1ccccc1Oc1cc(NC(C)=O)c(F)cc1N. The summed E-state index contributed by atoms with van der Waals surface area (Å²) in [5.41, 5.74) is 5.70. The number of hydrogen-bond donors (Lipinski definition) is 2. The number of carbonyl (C=O) groups excluding carboxylic acids is 2. The molecule has 3 N–H and O–H groups in total. The van der Waals surface area contributed by atoms with Crippen molar-refractivity contribution in [1.82, 2.24) is 0 Å². The van der Waals surface area contributed by atoms with E-state index in [2.05, 4.69) is 10.2 Å². The van der Waals surface area contributed by atoms with Crippen LogP contribution in [-0.2, 0) is 14.5 Å². The number of amides is 1. The van der Waals surface area contributed by atoms with Crippen LogP contribution in [0.3, 0.4) is 0 Å². The number of para-hydroxylation sites is 2. The molecule has 0 radical (unpaired) electrons. The average molecular weight is 348 g/mol. The van der Waals surface area contributed by atoms with Gasteiger partial charge in [0, 0.05) is 25.5 Å². The Morgan fingerprint density at radius 1 is 1.16 bits per heavy atom. The standard InChI is InChI=1S/C17H17FN2O5/c1-3-17(22)25-24-15-7-5-4-6-14(15)23-16-9-13(20-10(2)21)11(18)8-12(16)19/h4-9H,3,19H2,1-2H3,(H,20,21). The number of anilines is 2. The van der Waals surface area contributed by atoms with E-state index in [0.29, 0.717) is 0 Å². The van der Waals surface area contributed by atoms with Crippen LogP contribution >= 0.6 is 0 Å². The first-order valence-electron chi connectivity index (χ1n) is 7.41. The first kappa shape index (κ1) is 18.1. The molecule has 0 spiro atoms. The average Bonchev–Trinajstić information content (AvgIpc) is 2.57. The van der Waals surface area contributed by atoms with Gasteiger partial charge in [0.15, 0.2) is 11.5 Å². The summed E-state index contributed by atoms with van der Waals surface area (Å²) in [6.07, 6.45) is 0.147. The second-order valence-electron chi connectivity index (χ2n) is 4.99. The highest BCUT2D eigenvalue weighted by atomic mass is 19.1. The van der Waals surface area contributed by atoms with Crippen molar-refractivity contribution in [3.63, 3.8) is 0 Å². The summed E-state index contributed by atoms with van der Waals surface area (Å²) >= 11 is 0. The molecule has 25 heavy (non-hydrogen) atoms. The van der Waals surface area contributed by atoms with E-state index in [4.69, 9.17) is 15.4 Å². The summed E-state index contributed by atoms with van der Waals surface area (Å²) in [6.45, 7) is 2.87. The van der Waals surface area contributed by atoms with Gasteiger partial charge in [-0.25, -0.2) is 9.18 Å². The Labute approximate surface area is 143 Å². The third-order valence-corrected chi connectivity index (χ3v) is 2.99. The van der Waals surface area contributed by atoms with E-state index in [1.54, 1.807) is 25.1 Å². The molecular weight excluding hydrogens is 331 g/mol. The molecule has 2 aromatic carbocycles. The largest absolute Gasteiger partial charge is 0.451 e. The highest BCUT2D eigenvalue weighted by Gasteiger charge is 2.14. The minimum atomic E-state index is -0.693. The first-order valence-corrected chi connectivity index (χ1v) is 7.41. The maximum Gasteiger partial charge on any atom is 0.355 e. The molecule has 132 valence electrons. The van der Waals surface area contributed by atoms with Crippen molar-refractivity contribution >= 4 is 23.3 Å². The van der Waals surface area contributed by atoms with Crippen LogP contribution in [0.5, 0.6) is 17.2 Å². The smallest absolute Gasteiger partial charge is 0.355 e. The number of carbonyl (C=O) groups is 2. The van der Waals surface area contributed by atoms with Crippen LogP contribution in [-0.4, -0.2) is 11.9 Å². The number of hydrogen-bond acceptors (Lipinski definition) is 6. The van der Waals surface area contributed by atoms with Gasteiger partial charge < -0.3 is 15.8 Å². The molecule has 0 saturated carbocycles. The van der Waals surface area contributed by atoms with Gasteiger partial charge in [-0.3, -0.25) is 14.6 Å². The van der Waals surface area contributed by atoms with Crippen LogP contribution in [0.2, 0.25) is 0 Å². The Balaban J connectivity index is 2.27. The third-order valence-electron chi connectivity index (χ3n) is 2.99. The fraction of sp³-hybridized carbons (Fsp3) is 0.176. The summed E-state index contributed by atoms with van der Waals surface area (Å²) in [4.78, 5) is 31.9. The van der Waals surface area contributed by atoms with Crippen LogP contribution in [0.25, 0.3) is 0 Å². The summed E-state index contributed by atoms with van der Waals surface area (Å²) in [5.74, 6) is -1.26. The molecule has 8 heteroatoms. The predicted octanol–water partition coefficient (Wildman–Crippen LogP) is 3.41. The van der Waals surface area contributed by atoms with Crippen molar-refractivity contribution in [1.29, 1.82) is 0 Å². The number of nitrogens with one attached hydrogen (secondary N) is 1. The van der Waals surface area contributed by atoms with Gasteiger partial charge in [0.1, 0.15) is 5.82 Å². The second kappa shape index (κ2) is 8.00. The summed E-state index contributed by atoms with van der Waals surface area (Å²) in [5, 5.41) is 2.34. The van der Waals surface area contributed by atoms with Crippen LogP contribution in [0.15, 0.2) is 36.4 Å². The lowest BCUT2D eigenvalue weighted by molar-refractivity contribution is -0.213. The Kier molecular flexibility index (Phi) is 5.78. The van der Waals surface area contributed by atoms with Crippen LogP contribution in [0.4, 0.5) is 15.8 Å². The van der Waals surface area contributed by atoms with Crippen molar-refractivity contribution in [2.75, 3.05) is 11.1 Å². The third kappa shape index (κ3) is 4.84. The van der Waals surface area contributed by atoms with Gasteiger partial charge in [-0.15, -0.1) is 0 Å². The minimum Gasteiger partial charge on any atom is -0.451 e.